The van der Waals surface area contributed by atoms with E-state index in [9.17, 15) is 4.79 Å². The molecule has 3 nitrogen and oxygen atoms in total. The lowest BCUT2D eigenvalue weighted by atomic mass is 10.3. The van der Waals surface area contributed by atoms with Crippen LogP contribution in [0.5, 0.6) is 0 Å². The number of carbonyl (C=O) groups is 1. The summed E-state index contributed by atoms with van der Waals surface area (Å²) < 4.78 is 4.47. The zero-order valence-electron chi connectivity index (χ0n) is 7.06. The maximum absolute atomic E-state index is 10.9. The number of esters is 1. The Balaban J connectivity index is 3.52. The van der Waals surface area contributed by atoms with E-state index in [2.05, 4.69) is 32.6 Å². The molecule has 0 aliphatic heterocycles. The summed E-state index contributed by atoms with van der Waals surface area (Å²) in [6.45, 7) is 4.76. The lowest BCUT2D eigenvalue weighted by Crippen LogP contribution is -2.33. The molecule has 0 rings (SSSR count). The maximum Gasteiger partial charge on any atom is 0.319 e. The lowest BCUT2D eigenvalue weighted by Gasteiger charge is -2.11. The lowest BCUT2D eigenvalue weighted by molar-refractivity contribution is -0.139. The summed E-state index contributed by atoms with van der Waals surface area (Å²) in [6.07, 6.45) is 0. The predicted octanol–water partition coefficient (Wildman–Crippen LogP) is 0.961. The van der Waals surface area contributed by atoms with Gasteiger partial charge in [0.05, 0.1) is 7.11 Å². The molecule has 11 heavy (non-hydrogen) atoms. The van der Waals surface area contributed by atoms with Crippen molar-refractivity contribution in [2.24, 2.45) is 0 Å². The average molecular weight is 271 g/mol. The van der Waals surface area contributed by atoms with Crippen molar-refractivity contribution in [3.63, 3.8) is 0 Å². The molecule has 0 aromatic rings. The Labute approximate surface area is 81.0 Å². The third kappa shape index (κ3) is 5.43. The molecule has 0 aliphatic carbocycles. The van der Waals surface area contributed by atoms with Gasteiger partial charge in [-0.15, -0.1) is 0 Å². The molecule has 0 heterocycles. The van der Waals surface area contributed by atoms with Gasteiger partial charge >= 0.3 is 5.97 Å². The van der Waals surface area contributed by atoms with E-state index in [0.717, 1.165) is 0 Å². The van der Waals surface area contributed by atoms with Gasteiger partial charge in [-0.05, 0) is 0 Å². The number of hydrogen-bond donors (Lipinski definition) is 1. The van der Waals surface area contributed by atoms with Crippen LogP contribution in [0, 0.1) is 0 Å². The van der Waals surface area contributed by atoms with Crippen LogP contribution in [-0.4, -0.2) is 29.6 Å². The van der Waals surface area contributed by atoms with Crippen molar-refractivity contribution in [1.29, 1.82) is 0 Å². The summed E-state index contributed by atoms with van der Waals surface area (Å²) in [6, 6.07) is 0.414. The zero-order valence-corrected chi connectivity index (χ0v) is 9.21. The van der Waals surface area contributed by atoms with Crippen molar-refractivity contribution in [1.82, 2.24) is 5.32 Å². The minimum atomic E-state index is -0.168. The molecule has 0 radical (unpaired) electrons. The fourth-order valence-corrected chi connectivity index (χ4v) is 1.06. The zero-order chi connectivity index (χ0) is 8.85. The third-order valence-corrected chi connectivity index (χ3v) is 2.11. The van der Waals surface area contributed by atoms with E-state index in [-0.39, 0.29) is 9.89 Å². The molecule has 1 atom stereocenters. The maximum atomic E-state index is 10.9. The minimum Gasteiger partial charge on any atom is -0.468 e. The van der Waals surface area contributed by atoms with Crippen molar-refractivity contribution in [3.05, 3.63) is 0 Å². The van der Waals surface area contributed by atoms with Crippen molar-refractivity contribution in [3.8, 4) is 0 Å². The summed E-state index contributed by atoms with van der Waals surface area (Å²) in [5.74, 6) is -0.168. The normalized spacial score (nSPS) is 13.2. The highest BCUT2D eigenvalue weighted by Gasteiger charge is 2.14. The standard InChI is InChI=1S/C7H14INO2/c1-5(2)9-4-6(8)7(10)11-3/h5-6,9H,4H2,1-3H3. The predicted molar refractivity (Wildman–Crippen MR) is 53.0 cm³/mol. The quantitative estimate of drug-likeness (QED) is 0.470. The van der Waals surface area contributed by atoms with Crippen LogP contribution < -0.4 is 5.32 Å². The minimum absolute atomic E-state index is 0.0833. The molecule has 0 aliphatic rings. The summed E-state index contributed by atoms with van der Waals surface area (Å²) in [4.78, 5) is 10.9. The number of alkyl halides is 1. The number of methoxy groups -OCH3 is 1. The van der Waals surface area contributed by atoms with Gasteiger partial charge in [0.15, 0.2) is 0 Å². The number of nitrogens with one attached hydrogen (secondary N) is 1. The first-order valence-corrected chi connectivity index (χ1v) is 4.77. The van der Waals surface area contributed by atoms with Crippen LogP contribution in [0.1, 0.15) is 13.8 Å². The van der Waals surface area contributed by atoms with E-state index in [0.29, 0.717) is 12.6 Å². The van der Waals surface area contributed by atoms with Gasteiger partial charge in [0.1, 0.15) is 3.92 Å². The molecule has 0 amide bonds. The highest BCUT2D eigenvalue weighted by Crippen LogP contribution is 2.00. The van der Waals surface area contributed by atoms with Gasteiger partial charge in [-0.2, -0.15) is 0 Å². The van der Waals surface area contributed by atoms with Crippen LogP contribution in [0.15, 0.2) is 0 Å². The number of halogens is 1. The van der Waals surface area contributed by atoms with Crippen molar-refractivity contribution in [2.75, 3.05) is 13.7 Å². The molecular formula is C7H14INO2. The number of hydrogen-bond acceptors (Lipinski definition) is 3. The highest BCUT2D eigenvalue weighted by atomic mass is 127. The summed E-state index contributed by atoms with van der Waals surface area (Å²) in [5, 5.41) is 3.15. The van der Waals surface area contributed by atoms with Gasteiger partial charge < -0.3 is 10.1 Å². The van der Waals surface area contributed by atoms with E-state index in [1.165, 1.54) is 7.11 Å². The van der Waals surface area contributed by atoms with Crippen molar-refractivity contribution < 1.29 is 9.53 Å². The fraction of sp³-hybridized carbons (Fsp3) is 0.857. The van der Waals surface area contributed by atoms with Crippen molar-refractivity contribution in [2.45, 2.75) is 23.8 Å². The van der Waals surface area contributed by atoms with E-state index >= 15 is 0 Å². The van der Waals surface area contributed by atoms with Crippen molar-refractivity contribution >= 4 is 28.6 Å². The Morgan fingerprint density at radius 2 is 2.18 bits per heavy atom. The number of carbonyl (C=O) groups excluding carboxylic acids is 1. The Morgan fingerprint density at radius 1 is 1.64 bits per heavy atom. The van der Waals surface area contributed by atoms with Gasteiger partial charge in [0.2, 0.25) is 0 Å². The van der Waals surface area contributed by atoms with Gasteiger partial charge in [0.25, 0.3) is 0 Å². The second-order valence-corrected chi connectivity index (χ2v) is 4.06. The van der Waals surface area contributed by atoms with E-state index in [1.54, 1.807) is 0 Å². The van der Waals surface area contributed by atoms with Gasteiger partial charge in [-0.3, -0.25) is 4.79 Å². The summed E-state index contributed by atoms with van der Waals surface area (Å²) in [5.41, 5.74) is 0. The molecule has 0 aromatic carbocycles. The number of rotatable bonds is 4. The Kier molecular flexibility index (Phi) is 5.85. The first-order chi connectivity index (χ1) is 5.07. The monoisotopic (exact) mass is 271 g/mol. The largest absolute Gasteiger partial charge is 0.468 e. The van der Waals surface area contributed by atoms with Gasteiger partial charge in [0, 0.05) is 12.6 Å². The van der Waals surface area contributed by atoms with Crippen LogP contribution in [-0.2, 0) is 9.53 Å². The van der Waals surface area contributed by atoms with E-state index in [1.807, 2.05) is 13.8 Å². The van der Waals surface area contributed by atoms with Crippen LogP contribution in [0.4, 0.5) is 0 Å². The highest BCUT2D eigenvalue weighted by molar-refractivity contribution is 14.1. The Hall–Kier alpha value is 0.160. The smallest absolute Gasteiger partial charge is 0.319 e. The summed E-state index contributed by atoms with van der Waals surface area (Å²) >= 11 is 2.06. The molecule has 0 saturated carbocycles. The molecule has 0 aromatic heterocycles. The molecule has 0 fully saturated rings. The van der Waals surface area contributed by atoms with Gasteiger partial charge in [-0.1, -0.05) is 36.4 Å². The Morgan fingerprint density at radius 3 is 2.55 bits per heavy atom. The molecule has 0 saturated heterocycles. The third-order valence-electron chi connectivity index (χ3n) is 1.16. The second kappa shape index (κ2) is 5.77. The van der Waals surface area contributed by atoms with Crippen LogP contribution in [0.25, 0.3) is 0 Å². The fourth-order valence-electron chi connectivity index (χ4n) is 0.550. The van der Waals surface area contributed by atoms with Gasteiger partial charge in [-0.25, -0.2) is 0 Å². The molecule has 1 unspecified atom stereocenters. The Bertz CT molecular complexity index is 128. The molecular weight excluding hydrogens is 257 g/mol. The summed E-state index contributed by atoms with van der Waals surface area (Å²) in [7, 11) is 1.41. The molecule has 0 bridgehead atoms. The van der Waals surface area contributed by atoms with E-state index in [4.69, 9.17) is 0 Å². The topological polar surface area (TPSA) is 38.3 Å². The average Bonchev–Trinajstić information content (AvgIpc) is 1.98. The first kappa shape index (κ1) is 11.2. The van der Waals surface area contributed by atoms with Crippen LogP contribution in [0.2, 0.25) is 0 Å². The van der Waals surface area contributed by atoms with Crippen LogP contribution in [0.3, 0.4) is 0 Å². The van der Waals surface area contributed by atoms with E-state index < -0.39 is 0 Å². The van der Waals surface area contributed by atoms with Crippen LogP contribution >= 0.6 is 22.6 Å². The second-order valence-electron chi connectivity index (χ2n) is 2.55. The first-order valence-electron chi connectivity index (χ1n) is 3.53. The number of ether oxygens (including phenoxy) is 1. The molecule has 1 N–H and O–H groups in total. The molecule has 0 spiro atoms. The molecule has 4 heteroatoms. The molecule has 66 valence electrons. The SMILES string of the molecule is COC(=O)C(I)CNC(C)C.